The number of nitrogens with zero attached hydrogens (tertiary/aromatic N) is 2. The van der Waals surface area contributed by atoms with Gasteiger partial charge in [-0.1, -0.05) is 19.3 Å². The van der Waals surface area contributed by atoms with Crippen molar-refractivity contribution < 1.29 is 14.3 Å². The van der Waals surface area contributed by atoms with Crippen LogP contribution in [-0.4, -0.2) is 56.1 Å². The molecule has 2 amide bonds. The molecular weight excluding hydrogens is 356 g/mol. The first-order valence-electron chi connectivity index (χ1n) is 10.7. The Labute approximate surface area is 167 Å². The van der Waals surface area contributed by atoms with Gasteiger partial charge >= 0.3 is 6.03 Å². The highest BCUT2D eigenvalue weighted by molar-refractivity contribution is 5.89. The molecule has 0 bridgehead atoms. The van der Waals surface area contributed by atoms with Gasteiger partial charge in [-0.3, -0.25) is 0 Å². The summed E-state index contributed by atoms with van der Waals surface area (Å²) in [5, 5.41) is 6.15. The topological polar surface area (TPSA) is 75.7 Å². The molecule has 2 atom stereocenters. The average molecular weight is 389 g/mol. The summed E-state index contributed by atoms with van der Waals surface area (Å²) < 4.78 is 11.4. The number of ether oxygens (including phenoxy) is 2. The Hall–Kier alpha value is -1.86. The van der Waals surface area contributed by atoms with Crippen molar-refractivity contribution >= 4 is 17.5 Å². The number of aromatic nitrogens is 1. The van der Waals surface area contributed by atoms with E-state index in [1.807, 2.05) is 12.1 Å². The van der Waals surface area contributed by atoms with Gasteiger partial charge in [0.25, 0.3) is 0 Å². The second-order valence-corrected chi connectivity index (χ2v) is 8.13. The fourth-order valence-corrected chi connectivity index (χ4v) is 5.03. The third kappa shape index (κ3) is 3.96. The van der Waals surface area contributed by atoms with Crippen LogP contribution in [0.25, 0.3) is 0 Å². The largest absolute Gasteiger partial charge is 0.378 e. The fourth-order valence-electron chi connectivity index (χ4n) is 5.03. The van der Waals surface area contributed by atoms with Crippen molar-refractivity contribution in [2.24, 2.45) is 5.41 Å². The molecule has 1 aromatic heterocycles. The minimum absolute atomic E-state index is 0.129. The van der Waals surface area contributed by atoms with Crippen LogP contribution in [-0.2, 0) is 9.47 Å². The normalized spacial score (nSPS) is 26.5. The molecule has 1 saturated heterocycles. The van der Waals surface area contributed by atoms with E-state index in [1.165, 1.54) is 19.3 Å². The van der Waals surface area contributed by atoms with Gasteiger partial charge in [0, 0.05) is 31.2 Å². The molecule has 2 saturated carbocycles. The second kappa shape index (κ2) is 8.66. The van der Waals surface area contributed by atoms with E-state index in [0.717, 1.165) is 58.0 Å². The van der Waals surface area contributed by atoms with Crippen molar-refractivity contribution in [2.75, 3.05) is 43.1 Å². The molecule has 1 aromatic rings. The van der Waals surface area contributed by atoms with Crippen molar-refractivity contribution in [1.29, 1.82) is 0 Å². The summed E-state index contributed by atoms with van der Waals surface area (Å²) in [5.74, 6) is 0.925. The molecule has 3 aliphatic rings. The number of pyridine rings is 1. The molecule has 1 aliphatic heterocycles. The molecule has 3 fully saturated rings. The molecule has 2 aliphatic carbocycles. The lowest BCUT2D eigenvalue weighted by molar-refractivity contribution is -0.146. The third-order valence-corrected chi connectivity index (χ3v) is 6.58. The molecule has 0 unspecified atom stereocenters. The van der Waals surface area contributed by atoms with Gasteiger partial charge in [-0.2, -0.15) is 0 Å². The van der Waals surface area contributed by atoms with E-state index in [0.29, 0.717) is 5.69 Å². The summed E-state index contributed by atoms with van der Waals surface area (Å²) in [7, 11) is 0. The van der Waals surface area contributed by atoms with Crippen molar-refractivity contribution in [3.63, 3.8) is 0 Å². The van der Waals surface area contributed by atoms with E-state index in [-0.39, 0.29) is 23.6 Å². The zero-order chi connectivity index (χ0) is 19.4. The molecule has 7 heteroatoms. The third-order valence-electron chi connectivity index (χ3n) is 6.58. The Balaban J connectivity index is 1.32. The van der Waals surface area contributed by atoms with Crippen LogP contribution < -0.4 is 15.5 Å². The van der Waals surface area contributed by atoms with Gasteiger partial charge < -0.3 is 25.0 Å². The van der Waals surface area contributed by atoms with Crippen LogP contribution in [0, 0.1) is 5.41 Å². The first-order chi connectivity index (χ1) is 13.7. The highest BCUT2D eigenvalue weighted by atomic mass is 16.5. The van der Waals surface area contributed by atoms with Gasteiger partial charge in [0.2, 0.25) is 0 Å². The zero-order valence-electron chi connectivity index (χ0n) is 16.8. The number of anilines is 2. The molecule has 7 nitrogen and oxygen atoms in total. The van der Waals surface area contributed by atoms with E-state index in [4.69, 9.17) is 9.47 Å². The lowest BCUT2D eigenvalue weighted by atomic mass is 9.55. The first kappa shape index (κ1) is 19.5. The van der Waals surface area contributed by atoms with Gasteiger partial charge in [-0.05, 0) is 38.3 Å². The Bertz CT molecular complexity index is 654. The first-order valence-corrected chi connectivity index (χ1v) is 10.7. The van der Waals surface area contributed by atoms with Gasteiger partial charge in [0.05, 0.1) is 31.2 Å². The van der Waals surface area contributed by atoms with Crippen LogP contribution in [0.1, 0.15) is 45.4 Å². The second-order valence-electron chi connectivity index (χ2n) is 8.13. The van der Waals surface area contributed by atoms with Crippen LogP contribution in [0.2, 0.25) is 0 Å². The van der Waals surface area contributed by atoms with Gasteiger partial charge in [0.15, 0.2) is 0 Å². The molecule has 4 rings (SSSR count). The standard InChI is InChI=1S/C21H32N4O3/c1-2-28-18-14-17(21(18)8-4-3-5-9-21)24-20(26)23-16-6-7-19(22-15-16)25-10-12-27-13-11-25/h6-7,15,17-18H,2-5,8-14H2,1H3,(H2,23,24,26)/t17-,18+/m1/s1. The number of urea groups is 1. The lowest BCUT2D eigenvalue weighted by Crippen LogP contribution is -2.65. The van der Waals surface area contributed by atoms with Crippen molar-refractivity contribution in [2.45, 2.75) is 57.6 Å². The Morgan fingerprint density at radius 2 is 2.07 bits per heavy atom. The summed E-state index contributed by atoms with van der Waals surface area (Å²) in [6.45, 7) is 5.96. The predicted octanol–water partition coefficient (Wildman–Crippen LogP) is 3.17. The van der Waals surface area contributed by atoms with Crippen molar-refractivity contribution in [3.05, 3.63) is 18.3 Å². The molecule has 1 spiro atoms. The van der Waals surface area contributed by atoms with Crippen LogP contribution in [0.3, 0.4) is 0 Å². The SMILES string of the molecule is CCO[C@H]1C[C@@H](NC(=O)Nc2ccc(N3CCOCC3)nc2)C12CCCCC2. The maximum atomic E-state index is 12.6. The molecule has 28 heavy (non-hydrogen) atoms. The number of hydrogen-bond donors (Lipinski definition) is 2. The maximum absolute atomic E-state index is 12.6. The lowest BCUT2D eigenvalue weighted by Gasteiger charge is -2.57. The molecule has 2 heterocycles. The number of carbonyl (C=O) groups is 1. The van der Waals surface area contributed by atoms with Crippen molar-refractivity contribution in [3.8, 4) is 0 Å². The van der Waals surface area contributed by atoms with E-state index in [2.05, 4.69) is 27.4 Å². The van der Waals surface area contributed by atoms with E-state index >= 15 is 0 Å². The Morgan fingerprint density at radius 3 is 2.75 bits per heavy atom. The van der Waals surface area contributed by atoms with Gasteiger partial charge in [-0.25, -0.2) is 9.78 Å². The van der Waals surface area contributed by atoms with Gasteiger partial charge in [0.1, 0.15) is 5.82 Å². The summed E-state index contributed by atoms with van der Waals surface area (Å²) in [4.78, 5) is 19.3. The summed E-state index contributed by atoms with van der Waals surface area (Å²) in [6.07, 6.45) is 8.99. The number of carbonyl (C=O) groups excluding carboxylic acids is 1. The fraction of sp³-hybridized carbons (Fsp3) is 0.714. The number of rotatable bonds is 5. The minimum atomic E-state index is -0.147. The minimum Gasteiger partial charge on any atom is -0.378 e. The Kier molecular flexibility index (Phi) is 6.01. The maximum Gasteiger partial charge on any atom is 0.319 e. The summed E-state index contributed by atoms with van der Waals surface area (Å²) in [5.41, 5.74) is 0.845. The molecule has 2 N–H and O–H groups in total. The monoisotopic (exact) mass is 388 g/mol. The van der Waals surface area contributed by atoms with Gasteiger partial charge in [-0.15, -0.1) is 0 Å². The predicted molar refractivity (Wildman–Crippen MR) is 109 cm³/mol. The van der Waals surface area contributed by atoms with Crippen LogP contribution >= 0.6 is 0 Å². The van der Waals surface area contributed by atoms with Crippen LogP contribution in [0.4, 0.5) is 16.3 Å². The number of nitrogens with one attached hydrogen (secondary N) is 2. The highest BCUT2D eigenvalue weighted by Crippen LogP contribution is 2.53. The van der Waals surface area contributed by atoms with E-state index in [1.54, 1.807) is 6.20 Å². The van der Waals surface area contributed by atoms with E-state index in [9.17, 15) is 4.79 Å². The summed E-state index contributed by atoms with van der Waals surface area (Å²) >= 11 is 0. The highest BCUT2D eigenvalue weighted by Gasteiger charge is 2.56. The van der Waals surface area contributed by atoms with Crippen LogP contribution in [0.15, 0.2) is 18.3 Å². The smallest absolute Gasteiger partial charge is 0.319 e. The molecule has 0 radical (unpaired) electrons. The van der Waals surface area contributed by atoms with Crippen molar-refractivity contribution in [1.82, 2.24) is 10.3 Å². The number of hydrogen-bond acceptors (Lipinski definition) is 5. The zero-order valence-corrected chi connectivity index (χ0v) is 16.8. The number of amides is 2. The molecule has 0 aromatic carbocycles. The Morgan fingerprint density at radius 1 is 1.29 bits per heavy atom. The quantitative estimate of drug-likeness (QED) is 0.810. The average Bonchev–Trinajstić information content (AvgIpc) is 2.75. The summed E-state index contributed by atoms with van der Waals surface area (Å²) in [6, 6.07) is 3.92. The number of morpholine rings is 1. The molecule has 154 valence electrons. The van der Waals surface area contributed by atoms with Crippen LogP contribution in [0.5, 0.6) is 0 Å². The van der Waals surface area contributed by atoms with E-state index < -0.39 is 0 Å². The molecular formula is C21H32N4O3.